The van der Waals surface area contributed by atoms with Gasteiger partial charge in [-0.3, -0.25) is 0 Å². The van der Waals surface area contributed by atoms with E-state index in [9.17, 15) is 0 Å². The molecule has 4 heteroatoms. The molecule has 0 saturated carbocycles. The van der Waals surface area contributed by atoms with Gasteiger partial charge in [0.15, 0.2) is 0 Å². The van der Waals surface area contributed by atoms with Gasteiger partial charge in [0, 0.05) is 54.6 Å². The number of hydrogen-bond donors (Lipinski definition) is 0. The Morgan fingerprint density at radius 2 is 1.25 bits per heavy atom. The smallest absolute Gasteiger partial charge is 1.00 e. The van der Waals surface area contributed by atoms with Gasteiger partial charge in [0.25, 0.3) is 0 Å². The predicted molar refractivity (Wildman–Crippen MR) is 1.11 cm³/mol. The van der Waals surface area contributed by atoms with Gasteiger partial charge in [0.2, 0.25) is 0 Å². The van der Waals surface area contributed by atoms with Gasteiger partial charge >= 0.3 is 18.9 Å². The van der Waals surface area contributed by atoms with E-state index in [1.807, 2.05) is 0 Å². The minimum Gasteiger partial charge on any atom is -1.00 e. The average molecular weight is 218 g/mol. The van der Waals surface area contributed by atoms with Crippen LogP contribution in [0.5, 0.6) is 0 Å². The summed E-state index contributed by atoms with van der Waals surface area (Å²) >= 11 is 0. The van der Waals surface area contributed by atoms with Crippen LogP contribution >= 0.6 is 0 Å². The molecule has 0 aliphatic carbocycles. The first kappa shape index (κ1) is 33.5. The molecule has 0 nitrogen and oxygen atoms in total. The normalized spacial score (nSPS) is 0. The van der Waals surface area contributed by atoms with E-state index < -0.39 is 0 Å². The van der Waals surface area contributed by atoms with Crippen LogP contribution in [0, 0.1) is 0 Å². The molecule has 0 saturated heterocycles. The van der Waals surface area contributed by atoms with Crippen molar-refractivity contribution in [3.63, 3.8) is 0 Å². The molecule has 0 rings (SSSR count). The van der Waals surface area contributed by atoms with Crippen molar-refractivity contribution < 1.29 is 74.9 Å². The molecule has 0 spiro atoms. The largest absolute Gasteiger partial charge is 1.00 e. The predicted octanol–water partition coefficient (Wildman–Crippen LogP) is -2.89. The van der Waals surface area contributed by atoms with Gasteiger partial charge in [0.05, 0.1) is 0 Å². The maximum atomic E-state index is 0. The van der Waals surface area contributed by atoms with Crippen LogP contribution in [0.1, 0.15) is 1.43 Å². The molecular weight excluding hydrogens is 217 g/mol. The standard InChI is InChI=1S/Li.Mn.Mo.Ni.H/q+1;;;;-1. The number of rotatable bonds is 0. The van der Waals surface area contributed by atoms with Gasteiger partial charge < -0.3 is 1.43 Å². The molecule has 0 bridgehead atoms. The first-order valence-electron chi connectivity index (χ1n) is 0. The maximum absolute atomic E-state index is 0. The minimum absolute atomic E-state index is 0. The van der Waals surface area contributed by atoms with Gasteiger partial charge in [-0.1, -0.05) is 0 Å². The first-order chi connectivity index (χ1) is 0. The Hall–Kier alpha value is 2.30. The van der Waals surface area contributed by atoms with Crippen molar-refractivity contribution >= 4 is 0 Å². The van der Waals surface area contributed by atoms with Crippen LogP contribution in [-0.4, -0.2) is 0 Å². The van der Waals surface area contributed by atoms with Crippen molar-refractivity contribution in [1.82, 2.24) is 0 Å². The van der Waals surface area contributed by atoms with E-state index in [-0.39, 0.29) is 74.9 Å². The zero-order valence-corrected chi connectivity index (χ0v) is 6.28. The summed E-state index contributed by atoms with van der Waals surface area (Å²) in [6.45, 7) is 0. The fourth-order valence-electron chi connectivity index (χ4n) is 0. The van der Waals surface area contributed by atoms with Crippen molar-refractivity contribution in [2.24, 2.45) is 0 Å². The van der Waals surface area contributed by atoms with Gasteiger partial charge in [-0.2, -0.15) is 0 Å². The van der Waals surface area contributed by atoms with Crippen LogP contribution in [0.25, 0.3) is 0 Å². The maximum Gasteiger partial charge on any atom is 1.00 e. The Morgan fingerprint density at radius 3 is 1.25 bits per heavy atom. The minimum atomic E-state index is 0. The van der Waals surface area contributed by atoms with Gasteiger partial charge in [0.1, 0.15) is 0 Å². The molecule has 0 aliphatic heterocycles. The van der Waals surface area contributed by atoms with Gasteiger partial charge in [-0.15, -0.1) is 0 Å². The summed E-state index contributed by atoms with van der Waals surface area (Å²) in [6, 6.07) is 0. The Balaban J connectivity index is 0. The average Bonchev–Trinajstić information content (AvgIpc) is 0. The van der Waals surface area contributed by atoms with Crippen LogP contribution in [0.3, 0.4) is 0 Å². The zero-order valence-electron chi connectivity index (χ0n) is 3.10. The topological polar surface area (TPSA) is 0 Å². The fourth-order valence-corrected chi connectivity index (χ4v) is 0. The third-order valence-electron chi connectivity index (χ3n) is 0. The van der Waals surface area contributed by atoms with Crippen LogP contribution in [0.4, 0.5) is 0 Å². The summed E-state index contributed by atoms with van der Waals surface area (Å²) in [5.74, 6) is 0. The van der Waals surface area contributed by atoms with Crippen LogP contribution in [0.15, 0.2) is 0 Å². The SMILES string of the molecule is [H-].[Li+].[Mn].[Mo].[Ni]. The van der Waals surface area contributed by atoms with Gasteiger partial charge in [-0.05, 0) is 0 Å². The third kappa shape index (κ3) is 8.85. The van der Waals surface area contributed by atoms with Crippen molar-refractivity contribution in [1.29, 1.82) is 0 Å². The van der Waals surface area contributed by atoms with E-state index in [0.29, 0.717) is 0 Å². The molecule has 0 amide bonds. The molecule has 0 aromatic rings. The molecule has 1 radical (unpaired) electrons. The Kier molecular flexibility index (Phi) is 155. The van der Waals surface area contributed by atoms with E-state index in [1.54, 1.807) is 0 Å². The Morgan fingerprint density at radius 1 is 1.25 bits per heavy atom. The van der Waals surface area contributed by atoms with Crippen molar-refractivity contribution in [2.45, 2.75) is 0 Å². The van der Waals surface area contributed by atoms with Crippen LogP contribution in [-0.2, 0) is 54.6 Å². The fraction of sp³-hybridized carbons (Fsp3) is 0. The monoisotopic (exact) mass is 219 g/mol. The van der Waals surface area contributed by atoms with Crippen molar-refractivity contribution in [3.05, 3.63) is 0 Å². The van der Waals surface area contributed by atoms with Crippen LogP contribution in [0.2, 0.25) is 0 Å². The summed E-state index contributed by atoms with van der Waals surface area (Å²) in [4.78, 5) is 0. The second-order valence-electron chi connectivity index (χ2n) is 0. The van der Waals surface area contributed by atoms with Crippen LogP contribution < -0.4 is 18.9 Å². The van der Waals surface area contributed by atoms with E-state index >= 15 is 0 Å². The van der Waals surface area contributed by atoms with E-state index in [1.165, 1.54) is 0 Å². The molecule has 0 heterocycles. The molecule has 0 aromatic heterocycles. The molecule has 0 aliphatic rings. The van der Waals surface area contributed by atoms with Crippen molar-refractivity contribution in [2.75, 3.05) is 0 Å². The van der Waals surface area contributed by atoms with E-state index in [2.05, 4.69) is 0 Å². The molecule has 0 unspecified atom stereocenters. The zero-order chi connectivity index (χ0) is 0. The number of hydrogen-bond acceptors (Lipinski definition) is 0. The summed E-state index contributed by atoms with van der Waals surface area (Å²) in [5, 5.41) is 0. The Labute approximate surface area is 74.2 Å². The summed E-state index contributed by atoms with van der Waals surface area (Å²) in [5.41, 5.74) is 0. The van der Waals surface area contributed by atoms with Crippen molar-refractivity contribution in [3.8, 4) is 0 Å². The molecular formula is HLiMnMoNi. The van der Waals surface area contributed by atoms with E-state index in [4.69, 9.17) is 0 Å². The molecule has 0 atom stereocenters. The second-order valence-corrected chi connectivity index (χ2v) is 0. The molecule has 0 aromatic carbocycles. The quantitative estimate of drug-likeness (QED) is 0.382. The van der Waals surface area contributed by atoms with E-state index in [0.717, 1.165) is 0 Å². The Bertz CT molecular complexity index is 11.6. The summed E-state index contributed by atoms with van der Waals surface area (Å²) < 4.78 is 0. The molecule has 0 fully saturated rings. The first-order valence-corrected chi connectivity index (χ1v) is 0. The molecule has 0 N–H and O–H groups in total. The van der Waals surface area contributed by atoms with Gasteiger partial charge in [-0.25, -0.2) is 0 Å². The summed E-state index contributed by atoms with van der Waals surface area (Å²) in [6.07, 6.45) is 0. The summed E-state index contributed by atoms with van der Waals surface area (Å²) in [7, 11) is 0. The molecule has 4 heavy (non-hydrogen) atoms. The second kappa shape index (κ2) is 18.5. The molecule has 25 valence electrons. The third-order valence-corrected chi connectivity index (χ3v) is 0.